The minimum absolute atomic E-state index is 0.0165. The first-order valence-electron chi connectivity index (χ1n) is 9.98. The summed E-state index contributed by atoms with van der Waals surface area (Å²) in [6.45, 7) is 2.33. The standard InChI is InChI=1S/C23H29N3O3/c1-5-22(27)24-18-8-13-21(25(2)3)17(14-18)15-26(19-9-10-19)23(28)16-6-11-20(29-4)12-7-16/h6-8,11-14,19H,5,9-10,15H2,1-4H3,(H,24,27). The number of nitrogens with zero attached hydrogens (tertiary/aromatic N) is 2. The molecule has 1 N–H and O–H groups in total. The van der Waals surface area contributed by atoms with E-state index in [-0.39, 0.29) is 17.9 Å². The highest BCUT2D eigenvalue weighted by Crippen LogP contribution is 2.33. The Kier molecular flexibility index (Phi) is 6.42. The summed E-state index contributed by atoms with van der Waals surface area (Å²) in [5.41, 5.74) is 3.45. The Hall–Kier alpha value is -3.02. The van der Waals surface area contributed by atoms with Crippen LogP contribution in [-0.4, -0.2) is 44.0 Å². The maximum Gasteiger partial charge on any atom is 0.254 e. The first kappa shape index (κ1) is 20.7. The van der Waals surface area contributed by atoms with Crippen molar-refractivity contribution in [3.05, 3.63) is 53.6 Å². The van der Waals surface area contributed by atoms with Crippen LogP contribution in [0, 0.1) is 0 Å². The van der Waals surface area contributed by atoms with Gasteiger partial charge in [0.1, 0.15) is 5.75 Å². The van der Waals surface area contributed by atoms with Crippen LogP contribution in [0.1, 0.15) is 42.1 Å². The van der Waals surface area contributed by atoms with E-state index < -0.39 is 0 Å². The molecule has 0 heterocycles. The lowest BCUT2D eigenvalue weighted by molar-refractivity contribution is -0.115. The maximum atomic E-state index is 13.2. The van der Waals surface area contributed by atoms with Gasteiger partial charge in [0, 0.05) is 50.0 Å². The van der Waals surface area contributed by atoms with E-state index in [1.807, 2.05) is 61.2 Å². The van der Waals surface area contributed by atoms with Crippen LogP contribution in [0.4, 0.5) is 11.4 Å². The van der Waals surface area contributed by atoms with Crippen molar-refractivity contribution in [3.8, 4) is 5.75 Å². The molecular weight excluding hydrogens is 366 g/mol. The van der Waals surface area contributed by atoms with E-state index in [2.05, 4.69) is 5.32 Å². The molecule has 0 bridgehead atoms. The van der Waals surface area contributed by atoms with Gasteiger partial charge in [-0.05, 0) is 60.9 Å². The van der Waals surface area contributed by atoms with Crippen LogP contribution in [0.25, 0.3) is 0 Å². The molecule has 0 unspecified atom stereocenters. The molecule has 0 atom stereocenters. The number of carbonyl (C=O) groups excluding carboxylic acids is 2. The Balaban J connectivity index is 1.88. The molecule has 0 aromatic heterocycles. The van der Waals surface area contributed by atoms with Gasteiger partial charge in [0.25, 0.3) is 5.91 Å². The maximum absolute atomic E-state index is 13.2. The molecular formula is C23H29N3O3. The van der Waals surface area contributed by atoms with Gasteiger partial charge < -0.3 is 19.9 Å². The Morgan fingerprint density at radius 2 is 1.79 bits per heavy atom. The number of benzene rings is 2. The Labute approximate surface area is 172 Å². The zero-order valence-electron chi connectivity index (χ0n) is 17.6. The Bertz CT molecular complexity index is 873. The lowest BCUT2D eigenvalue weighted by Crippen LogP contribution is -2.33. The van der Waals surface area contributed by atoms with E-state index in [4.69, 9.17) is 4.74 Å². The highest BCUT2D eigenvalue weighted by atomic mass is 16.5. The number of methoxy groups -OCH3 is 1. The number of ether oxygens (including phenoxy) is 1. The number of hydrogen-bond donors (Lipinski definition) is 1. The first-order valence-corrected chi connectivity index (χ1v) is 9.98. The van der Waals surface area contributed by atoms with Crippen LogP contribution >= 0.6 is 0 Å². The molecule has 0 spiro atoms. The molecule has 29 heavy (non-hydrogen) atoms. The molecule has 154 valence electrons. The number of hydrogen-bond acceptors (Lipinski definition) is 4. The largest absolute Gasteiger partial charge is 0.497 e. The zero-order chi connectivity index (χ0) is 21.0. The molecule has 0 saturated heterocycles. The summed E-state index contributed by atoms with van der Waals surface area (Å²) in [4.78, 5) is 29.0. The lowest BCUT2D eigenvalue weighted by Gasteiger charge is -2.26. The van der Waals surface area contributed by atoms with Crippen molar-refractivity contribution in [3.63, 3.8) is 0 Å². The molecule has 6 nitrogen and oxygen atoms in total. The summed E-state index contributed by atoms with van der Waals surface area (Å²) >= 11 is 0. The number of carbonyl (C=O) groups is 2. The van der Waals surface area contributed by atoms with Crippen LogP contribution in [0.15, 0.2) is 42.5 Å². The fourth-order valence-electron chi connectivity index (χ4n) is 3.31. The van der Waals surface area contributed by atoms with Crippen molar-refractivity contribution in [2.75, 3.05) is 31.4 Å². The van der Waals surface area contributed by atoms with Gasteiger partial charge in [0.2, 0.25) is 5.91 Å². The van der Waals surface area contributed by atoms with E-state index in [1.54, 1.807) is 19.2 Å². The second-order valence-electron chi connectivity index (χ2n) is 7.53. The summed E-state index contributed by atoms with van der Waals surface area (Å²) < 4.78 is 5.20. The summed E-state index contributed by atoms with van der Waals surface area (Å²) in [7, 11) is 5.58. The Morgan fingerprint density at radius 1 is 1.10 bits per heavy atom. The van der Waals surface area contributed by atoms with Crippen molar-refractivity contribution in [1.29, 1.82) is 0 Å². The van der Waals surface area contributed by atoms with Crippen LogP contribution < -0.4 is 15.0 Å². The summed E-state index contributed by atoms with van der Waals surface area (Å²) in [5.74, 6) is 0.721. The highest BCUT2D eigenvalue weighted by Gasteiger charge is 2.33. The predicted molar refractivity (Wildman–Crippen MR) is 116 cm³/mol. The van der Waals surface area contributed by atoms with Gasteiger partial charge in [0.15, 0.2) is 0 Å². The van der Waals surface area contributed by atoms with Gasteiger partial charge in [-0.25, -0.2) is 0 Å². The first-order chi connectivity index (χ1) is 13.9. The molecule has 1 aliphatic rings. The van der Waals surface area contributed by atoms with Gasteiger partial charge in [-0.15, -0.1) is 0 Å². The number of amides is 2. The lowest BCUT2D eigenvalue weighted by atomic mass is 10.1. The van der Waals surface area contributed by atoms with Crippen molar-refractivity contribution in [2.24, 2.45) is 0 Å². The second-order valence-corrected chi connectivity index (χ2v) is 7.53. The highest BCUT2D eigenvalue weighted by molar-refractivity contribution is 5.95. The minimum Gasteiger partial charge on any atom is -0.497 e. The summed E-state index contributed by atoms with van der Waals surface area (Å²) in [6, 6.07) is 13.4. The van der Waals surface area contributed by atoms with Crippen LogP contribution in [0.3, 0.4) is 0 Å². The fraction of sp³-hybridized carbons (Fsp3) is 0.391. The SMILES string of the molecule is CCC(=O)Nc1ccc(N(C)C)c(CN(C(=O)c2ccc(OC)cc2)C2CC2)c1. The monoisotopic (exact) mass is 395 g/mol. The third kappa shape index (κ3) is 5.08. The van der Waals surface area contributed by atoms with Gasteiger partial charge in [-0.3, -0.25) is 9.59 Å². The van der Waals surface area contributed by atoms with Gasteiger partial charge in [-0.1, -0.05) is 6.92 Å². The van der Waals surface area contributed by atoms with E-state index in [1.165, 1.54) is 0 Å². The van der Waals surface area contributed by atoms with E-state index in [0.717, 1.165) is 35.5 Å². The van der Waals surface area contributed by atoms with E-state index in [9.17, 15) is 9.59 Å². The molecule has 1 aliphatic carbocycles. The molecule has 6 heteroatoms. The smallest absolute Gasteiger partial charge is 0.254 e. The predicted octanol–water partition coefficient (Wildman–Crippen LogP) is 3.91. The van der Waals surface area contributed by atoms with E-state index >= 15 is 0 Å². The Morgan fingerprint density at radius 3 is 2.34 bits per heavy atom. The summed E-state index contributed by atoms with van der Waals surface area (Å²) in [6.07, 6.45) is 2.46. The minimum atomic E-state index is -0.0260. The van der Waals surface area contributed by atoms with Crippen molar-refractivity contribution in [2.45, 2.75) is 38.8 Å². The fourth-order valence-corrected chi connectivity index (χ4v) is 3.31. The molecule has 3 rings (SSSR count). The van der Waals surface area contributed by atoms with Crippen molar-refractivity contribution in [1.82, 2.24) is 4.90 Å². The second kappa shape index (κ2) is 8.99. The number of nitrogens with one attached hydrogen (secondary N) is 1. The molecule has 2 amide bonds. The number of rotatable bonds is 8. The van der Waals surface area contributed by atoms with Crippen LogP contribution in [0.5, 0.6) is 5.75 Å². The van der Waals surface area contributed by atoms with Crippen molar-refractivity contribution < 1.29 is 14.3 Å². The molecule has 0 aliphatic heterocycles. The van der Waals surface area contributed by atoms with Crippen LogP contribution in [0.2, 0.25) is 0 Å². The number of anilines is 2. The molecule has 2 aromatic carbocycles. The van der Waals surface area contributed by atoms with E-state index in [0.29, 0.717) is 18.5 Å². The molecule has 0 radical (unpaired) electrons. The van der Waals surface area contributed by atoms with Gasteiger partial charge >= 0.3 is 0 Å². The van der Waals surface area contributed by atoms with Gasteiger partial charge in [0.05, 0.1) is 7.11 Å². The summed E-state index contributed by atoms with van der Waals surface area (Å²) in [5, 5.41) is 2.92. The van der Waals surface area contributed by atoms with Crippen molar-refractivity contribution >= 4 is 23.2 Å². The molecule has 1 fully saturated rings. The molecule has 1 saturated carbocycles. The third-order valence-electron chi connectivity index (χ3n) is 5.09. The van der Waals surface area contributed by atoms with Gasteiger partial charge in [-0.2, -0.15) is 0 Å². The molecule has 2 aromatic rings. The zero-order valence-corrected chi connectivity index (χ0v) is 17.6. The normalized spacial score (nSPS) is 13.0. The van der Waals surface area contributed by atoms with Crippen LogP contribution in [-0.2, 0) is 11.3 Å². The average Bonchev–Trinajstić information content (AvgIpc) is 3.56. The average molecular weight is 396 g/mol. The third-order valence-corrected chi connectivity index (χ3v) is 5.09. The quantitative estimate of drug-likeness (QED) is 0.736. The topological polar surface area (TPSA) is 61.9 Å².